The molecule has 0 saturated carbocycles. The van der Waals surface area contributed by atoms with Crippen LogP contribution in [0.25, 0.3) is 66.1 Å². The summed E-state index contributed by atoms with van der Waals surface area (Å²) in [6, 6.07) is 40.6. The third-order valence-electron chi connectivity index (χ3n) is 11.9. The van der Waals surface area contributed by atoms with Gasteiger partial charge in [-0.25, -0.2) is 4.39 Å². The Bertz CT molecular complexity index is 2760. The number of halogens is 1. The highest BCUT2D eigenvalue weighted by atomic mass is 19.1. The van der Waals surface area contributed by atoms with Crippen LogP contribution in [0.4, 0.5) is 4.39 Å². The number of aromatic nitrogens is 2. The van der Waals surface area contributed by atoms with Crippen molar-refractivity contribution < 1.29 is 4.39 Å². The largest absolute Gasteiger partial charge is 0.306 e. The van der Waals surface area contributed by atoms with Gasteiger partial charge in [0, 0.05) is 21.5 Å². The van der Waals surface area contributed by atoms with Gasteiger partial charge in [0.05, 0.1) is 45.1 Å². The first-order valence-electron chi connectivity index (χ1n) is 20.2. The van der Waals surface area contributed by atoms with Crippen molar-refractivity contribution in [3.63, 3.8) is 0 Å². The van der Waals surface area contributed by atoms with Gasteiger partial charge in [-0.2, -0.15) is 5.26 Å². The molecular weight excluding hydrogens is 698 g/mol. The number of nitrogens with zero attached hydrogens (tertiary/aromatic N) is 3. The molecule has 57 heavy (non-hydrogen) atoms. The molecule has 0 aliphatic heterocycles. The Morgan fingerprint density at radius 1 is 0.404 bits per heavy atom. The van der Waals surface area contributed by atoms with E-state index >= 15 is 4.39 Å². The SMILES string of the molecule is CC(C)(C)c1ccc2c(c1)c1ccc(C(C)(C)C)cc1n2-c1cc(-c2ccc(C#N)cc2)cc(-n2c3ccc(C(C)(C)C)cc3c3ccc(C(C)(C)C)cc32)c1F. The maximum atomic E-state index is 18.4. The molecule has 0 unspecified atom stereocenters. The van der Waals surface area contributed by atoms with E-state index in [0.717, 1.165) is 54.7 Å². The highest BCUT2D eigenvalue weighted by Gasteiger charge is 2.27. The first kappa shape index (κ1) is 38.2. The van der Waals surface area contributed by atoms with E-state index < -0.39 is 0 Å². The third kappa shape index (κ3) is 6.52. The van der Waals surface area contributed by atoms with Gasteiger partial charge in [-0.05, 0) is 116 Å². The van der Waals surface area contributed by atoms with Crippen molar-refractivity contribution in [3.8, 4) is 28.6 Å². The van der Waals surface area contributed by atoms with E-state index in [9.17, 15) is 5.26 Å². The fourth-order valence-electron chi connectivity index (χ4n) is 8.25. The normalized spacial score (nSPS) is 13.0. The quantitative estimate of drug-likeness (QED) is 0.177. The highest BCUT2D eigenvalue weighted by Crippen LogP contribution is 2.43. The smallest absolute Gasteiger partial charge is 0.171 e. The summed E-state index contributed by atoms with van der Waals surface area (Å²) in [5.41, 5.74) is 11.7. The molecule has 0 saturated heterocycles. The minimum atomic E-state index is -0.299. The number of benzene rings is 6. The second kappa shape index (κ2) is 12.9. The Hall–Kier alpha value is -5.66. The number of fused-ring (bicyclic) bond motifs is 6. The van der Waals surface area contributed by atoms with Gasteiger partial charge < -0.3 is 9.13 Å². The van der Waals surface area contributed by atoms with Crippen LogP contribution in [0.1, 0.15) is 111 Å². The van der Waals surface area contributed by atoms with Crippen molar-refractivity contribution >= 4 is 43.6 Å². The van der Waals surface area contributed by atoms with Crippen molar-refractivity contribution in [2.24, 2.45) is 0 Å². The Kier molecular flexibility index (Phi) is 8.67. The van der Waals surface area contributed by atoms with Gasteiger partial charge in [-0.3, -0.25) is 0 Å². The lowest BCUT2D eigenvalue weighted by Crippen LogP contribution is -2.12. The van der Waals surface area contributed by atoms with E-state index in [0.29, 0.717) is 16.9 Å². The standard InChI is InChI=1S/C53H54FN3/c1-50(2,3)35-19-23-43-41(27-35)39-21-17-37(52(7,8)9)29-45(39)56(43)47-25-34(33-15-13-32(31-55)14-16-33)26-48(49(47)54)57-44-24-20-36(51(4,5)6)28-42(44)40-22-18-38(30-46(40)57)53(10,11)12/h13-30H,1-12H3. The van der Waals surface area contributed by atoms with Gasteiger partial charge in [-0.1, -0.05) is 132 Å². The molecule has 8 aromatic rings. The minimum absolute atomic E-state index is 0.0583. The zero-order valence-corrected chi connectivity index (χ0v) is 35.6. The van der Waals surface area contributed by atoms with Crippen LogP contribution in [0.5, 0.6) is 0 Å². The summed E-state index contributed by atoms with van der Waals surface area (Å²) in [6.07, 6.45) is 0. The molecule has 0 bridgehead atoms. The van der Waals surface area contributed by atoms with Gasteiger partial charge in [-0.15, -0.1) is 0 Å². The number of hydrogen-bond donors (Lipinski definition) is 0. The average molecular weight is 752 g/mol. The van der Waals surface area contributed by atoms with Gasteiger partial charge in [0.2, 0.25) is 0 Å². The van der Waals surface area contributed by atoms with Crippen LogP contribution in [0.2, 0.25) is 0 Å². The van der Waals surface area contributed by atoms with Crippen LogP contribution in [0.15, 0.2) is 109 Å². The van der Waals surface area contributed by atoms with Crippen molar-refractivity contribution in [2.45, 2.75) is 105 Å². The summed E-state index contributed by atoms with van der Waals surface area (Å²) in [5, 5.41) is 14.1. The molecule has 0 radical (unpaired) electrons. The maximum absolute atomic E-state index is 18.4. The Morgan fingerprint density at radius 3 is 1.14 bits per heavy atom. The molecular formula is C53H54FN3. The van der Waals surface area contributed by atoms with E-state index in [-0.39, 0.29) is 27.5 Å². The fourth-order valence-corrected chi connectivity index (χ4v) is 8.25. The first-order chi connectivity index (χ1) is 26.6. The minimum Gasteiger partial charge on any atom is -0.306 e. The molecule has 4 heteroatoms. The second-order valence-electron chi connectivity index (χ2n) is 20.1. The molecule has 0 atom stereocenters. The van der Waals surface area contributed by atoms with Crippen molar-refractivity contribution in [1.82, 2.24) is 9.13 Å². The van der Waals surface area contributed by atoms with Crippen molar-refractivity contribution in [1.29, 1.82) is 5.26 Å². The van der Waals surface area contributed by atoms with Crippen molar-refractivity contribution in [3.05, 3.63) is 143 Å². The molecule has 3 nitrogen and oxygen atoms in total. The maximum Gasteiger partial charge on any atom is 0.171 e. The molecule has 0 aliphatic rings. The van der Waals surface area contributed by atoms with Crippen molar-refractivity contribution in [2.75, 3.05) is 0 Å². The van der Waals surface area contributed by atoms with E-state index in [1.54, 1.807) is 0 Å². The van der Waals surface area contributed by atoms with Crippen LogP contribution in [-0.4, -0.2) is 9.13 Å². The van der Waals surface area contributed by atoms with Crippen LogP contribution in [0.3, 0.4) is 0 Å². The number of hydrogen-bond acceptors (Lipinski definition) is 1. The van der Waals surface area contributed by atoms with Gasteiger partial charge >= 0.3 is 0 Å². The molecule has 6 aromatic carbocycles. The van der Waals surface area contributed by atoms with E-state index in [4.69, 9.17) is 0 Å². The van der Waals surface area contributed by atoms with Gasteiger partial charge in [0.15, 0.2) is 5.82 Å². The summed E-state index contributed by atoms with van der Waals surface area (Å²) in [7, 11) is 0. The number of nitriles is 1. The third-order valence-corrected chi connectivity index (χ3v) is 11.9. The Balaban J connectivity index is 1.54. The lowest BCUT2D eigenvalue weighted by molar-refractivity contribution is 0.590. The first-order valence-corrected chi connectivity index (χ1v) is 20.2. The summed E-state index contributed by atoms with van der Waals surface area (Å²) < 4.78 is 22.7. The molecule has 2 heterocycles. The Labute approximate surface area is 337 Å². The lowest BCUT2D eigenvalue weighted by Gasteiger charge is -2.21. The predicted octanol–water partition coefficient (Wildman–Crippen LogP) is 14.7. The number of rotatable bonds is 3. The zero-order chi connectivity index (χ0) is 41.0. The van der Waals surface area contributed by atoms with Gasteiger partial charge in [0.25, 0.3) is 0 Å². The van der Waals surface area contributed by atoms with Crippen LogP contribution < -0.4 is 0 Å². The summed E-state index contributed by atoms with van der Waals surface area (Å²) in [4.78, 5) is 0. The molecule has 0 fully saturated rings. The molecule has 0 spiro atoms. The zero-order valence-electron chi connectivity index (χ0n) is 35.6. The topological polar surface area (TPSA) is 33.6 Å². The van der Waals surface area contributed by atoms with E-state index in [1.807, 2.05) is 36.4 Å². The molecule has 288 valence electrons. The van der Waals surface area contributed by atoms with Crippen LogP contribution >= 0.6 is 0 Å². The summed E-state index contributed by atoms with van der Waals surface area (Å²) in [6.45, 7) is 26.8. The average Bonchev–Trinajstić information content (AvgIpc) is 3.65. The molecule has 0 aliphatic carbocycles. The predicted molar refractivity (Wildman–Crippen MR) is 240 cm³/mol. The Morgan fingerprint density at radius 2 is 0.772 bits per heavy atom. The van der Waals surface area contributed by atoms with Crippen LogP contribution in [0, 0.1) is 17.1 Å². The molecule has 8 rings (SSSR count). The molecule has 0 amide bonds. The van der Waals surface area contributed by atoms with E-state index in [1.165, 1.54) is 22.3 Å². The fraction of sp³-hybridized carbons (Fsp3) is 0.302. The lowest BCUT2D eigenvalue weighted by atomic mass is 9.85. The second-order valence-corrected chi connectivity index (χ2v) is 20.1. The summed E-state index contributed by atoms with van der Waals surface area (Å²) >= 11 is 0. The van der Waals surface area contributed by atoms with E-state index in [2.05, 4.69) is 171 Å². The van der Waals surface area contributed by atoms with Gasteiger partial charge in [0.1, 0.15) is 0 Å². The monoisotopic (exact) mass is 751 g/mol. The summed E-state index contributed by atoms with van der Waals surface area (Å²) in [5.74, 6) is -0.299. The highest BCUT2D eigenvalue weighted by molar-refractivity contribution is 6.11. The molecule has 2 aromatic heterocycles. The molecule has 0 N–H and O–H groups in total. The van der Waals surface area contributed by atoms with Crippen LogP contribution in [-0.2, 0) is 21.7 Å².